The zero-order valence-corrected chi connectivity index (χ0v) is 20.1. The molecular formula is C24H26N4O4S. The van der Waals surface area contributed by atoms with Crippen LogP contribution in [-0.2, 0) is 16.1 Å². The Morgan fingerprint density at radius 2 is 1.94 bits per heavy atom. The second-order valence-corrected chi connectivity index (χ2v) is 8.59. The Hall–Kier alpha value is -3.46. The number of esters is 1. The highest BCUT2D eigenvalue weighted by molar-refractivity contribution is 7.07. The van der Waals surface area contributed by atoms with E-state index >= 15 is 0 Å². The van der Waals surface area contributed by atoms with E-state index in [0.29, 0.717) is 26.4 Å². The number of thiazole rings is 1. The molecule has 0 amide bonds. The van der Waals surface area contributed by atoms with Crippen LogP contribution < -0.4 is 19.6 Å². The minimum Gasteiger partial charge on any atom is -0.497 e. The summed E-state index contributed by atoms with van der Waals surface area (Å²) in [4.78, 5) is 31.7. The molecule has 0 bridgehead atoms. The van der Waals surface area contributed by atoms with Crippen LogP contribution in [0, 0.1) is 6.92 Å². The first-order valence-corrected chi connectivity index (χ1v) is 11.6. The number of aryl methyl sites for hydroxylation is 1. The van der Waals surface area contributed by atoms with Gasteiger partial charge < -0.3 is 9.47 Å². The molecule has 0 N–H and O–H groups in total. The number of allylic oxidation sites excluding steroid dienone is 1. The Labute approximate surface area is 195 Å². The summed E-state index contributed by atoms with van der Waals surface area (Å²) < 4.78 is 14.6. The zero-order valence-electron chi connectivity index (χ0n) is 19.3. The fraction of sp³-hybridized carbons (Fsp3) is 0.333. The number of hydrogen-bond donors (Lipinski definition) is 0. The summed E-state index contributed by atoms with van der Waals surface area (Å²) in [6, 6.07) is 6.69. The van der Waals surface area contributed by atoms with Crippen LogP contribution >= 0.6 is 11.3 Å². The summed E-state index contributed by atoms with van der Waals surface area (Å²) in [5.74, 6) is 0.210. The van der Waals surface area contributed by atoms with Crippen molar-refractivity contribution in [2.24, 2.45) is 4.99 Å². The van der Waals surface area contributed by atoms with E-state index in [-0.39, 0.29) is 12.2 Å². The molecule has 3 heterocycles. The summed E-state index contributed by atoms with van der Waals surface area (Å²) in [5.41, 5.74) is 3.32. The van der Waals surface area contributed by atoms with Gasteiger partial charge in [0.05, 0.1) is 41.8 Å². The van der Waals surface area contributed by atoms with Gasteiger partial charge in [-0.25, -0.2) is 9.79 Å². The van der Waals surface area contributed by atoms with Crippen molar-refractivity contribution in [3.05, 3.63) is 78.2 Å². The van der Waals surface area contributed by atoms with Gasteiger partial charge in [-0.2, -0.15) is 5.10 Å². The van der Waals surface area contributed by atoms with E-state index in [1.165, 1.54) is 11.3 Å². The molecule has 0 fully saturated rings. The number of rotatable bonds is 6. The number of nitrogens with zero attached hydrogens (tertiary/aromatic N) is 4. The lowest BCUT2D eigenvalue weighted by molar-refractivity contribution is -0.139. The predicted octanol–water partition coefficient (Wildman–Crippen LogP) is 2.33. The van der Waals surface area contributed by atoms with Gasteiger partial charge in [-0.05, 0) is 51.5 Å². The Morgan fingerprint density at radius 3 is 2.55 bits per heavy atom. The molecule has 1 aliphatic heterocycles. The lowest BCUT2D eigenvalue weighted by atomic mass is 9.96. The number of carbonyl (C=O) groups excluding carboxylic acids is 1. The van der Waals surface area contributed by atoms with Crippen LogP contribution in [0.5, 0.6) is 5.75 Å². The quantitative estimate of drug-likeness (QED) is 0.521. The van der Waals surface area contributed by atoms with Crippen molar-refractivity contribution in [2.75, 3.05) is 13.7 Å². The molecule has 0 saturated carbocycles. The minimum atomic E-state index is -0.646. The number of methoxy groups -OCH3 is 1. The van der Waals surface area contributed by atoms with Crippen LogP contribution in [-0.4, -0.2) is 34.0 Å². The van der Waals surface area contributed by atoms with E-state index in [1.54, 1.807) is 31.7 Å². The fourth-order valence-corrected chi connectivity index (χ4v) is 4.99. The van der Waals surface area contributed by atoms with Crippen LogP contribution in [0.4, 0.5) is 0 Å². The number of aromatic nitrogens is 3. The summed E-state index contributed by atoms with van der Waals surface area (Å²) in [6.07, 6.45) is 3.60. The summed E-state index contributed by atoms with van der Waals surface area (Å²) in [6.45, 7) is 8.50. The monoisotopic (exact) mass is 466 g/mol. The Bertz CT molecular complexity index is 1410. The van der Waals surface area contributed by atoms with Crippen molar-refractivity contribution in [3.63, 3.8) is 0 Å². The lowest BCUT2D eigenvalue weighted by Gasteiger charge is -2.24. The topological polar surface area (TPSA) is 87.7 Å². The minimum absolute atomic E-state index is 0.211. The van der Waals surface area contributed by atoms with Crippen LogP contribution in [0.3, 0.4) is 0 Å². The second kappa shape index (κ2) is 9.19. The van der Waals surface area contributed by atoms with Gasteiger partial charge in [0.1, 0.15) is 5.75 Å². The molecule has 9 heteroatoms. The van der Waals surface area contributed by atoms with Gasteiger partial charge in [-0.15, -0.1) is 0 Å². The average molecular weight is 467 g/mol. The van der Waals surface area contributed by atoms with E-state index in [4.69, 9.17) is 9.47 Å². The molecule has 0 aliphatic carbocycles. The van der Waals surface area contributed by atoms with Gasteiger partial charge >= 0.3 is 5.97 Å². The van der Waals surface area contributed by atoms with Crippen molar-refractivity contribution in [3.8, 4) is 5.75 Å². The molecule has 1 aliphatic rings. The maximum atomic E-state index is 13.6. The van der Waals surface area contributed by atoms with Crippen molar-refractivity contribution < 1.29 is 14.3 Å². The maximum absolute atomic E-state index is 13.6. The highest BCUT2D eigenvalue weighted by Crippen LogP contribution is 2.31. The lowest BCUT2D eigenvalue weighted by Crippen LogP contribution is -2.39. The summed E-state index contributed by atoms with van der Waals surface area (Å²) in [5, 5.41) is 4.37. The number of benzene rings is 1. The second-order valence-electron chi connectivity index (χ2n) is 7.58. The first-order valence-electron chi connectivity index (χ1n) is 10.8. The fourth-order valence-electron chi connectivity index (χ4n) is 3.96. The van der Waals surface area contributed by atoms with Crippen LogP contribution in [0.15, 0.2) is 51.5 Å². The summed E-state index contributed by atoms with van der Waals surface area (Å²) in [7, 11) is 1.59. The van der Waals surface area contributed by atoms with E-state index in [1.807, 2.05) is 48.9 Å². The van der Waals surface area contributed by atoms with Crippen molar-refractivity contribution in [2.45, 2.75) is 40.3 Å². The third-order valence-electron chi connectivity index (χ3n) is 5.68. The molecule has 1 atom stereocenters. The van der Waals surface area contributed by atoms with Crippen LogP contribution in [0.1, 0.15) is 43.6 Å². The van der Waals surface area contributed by atoms with Gasteiger partial charge in [0, 0.05) is 17.8 Å². The largest absolute Gasteiger partial charge is 0.497 e. The number of fused-ring (bicyclic) bond motifs is 1. The SMILES string of the molecule is CCOC(=O)C1=C(C)N=c2s/c(=C/c3cnn(CC)c3C)c(=O)n2[C@@H]1c1ccc(OC)cc1. The van der Waals surface area contributed by atoms with E-state index < -0.39 is 12.0 Å². The van der Waals surface area contributed by atoms with Gasteiger partial charge in [0.25, 0.3) is 5.56 Å². The number of hydrogen-bond acceptors (Lipinski definition) is 7. The molecule has 0 saturated heterocycles. The van der Waals surface area contributed by atoms with Gasteiger partial charge in [0.15, 0.2) is 4.80 Å². The first kappa shape index (κ1) is 22.7. The Morgan fingerprint density at radius 1 is 1.21 bits per heavy atom. The van der Waals surface area contributed by atoms with Gasteiger partial charge in [-0.3, -0.25) is 14.0 Å². The zero-order chi connectivity index (χ0) is 23.7. The first-order chi connectivity index (χ1) is 15.9. The normalized spacial score (nSPS) is 15.9. The van der Waals surface area contributed by atoms with E-state index in [2.05, 4.69) is 10.1 Å². The third-order valence-corrected chi connectivity index (χ3v) is 6.66. The molecule has 1 aromatic carbocycles. The molecule has 3 aromatic rings. The van der Waals surface area contributed by atoms with Gasteiger partial charge in [-0.1, -0.05) is 23.5 Å². The highest BCUT2D eigenvalue weighted by atomic mass is 32.1. The maximum Gasteiger partial charge on any atom is 0.338 e. The highest BCUT2D eigenvalue weighted by Gasteiger charge is 2.33. The molecule has 8 nitrogen and oxygen atoms in total. The molecule has 0 unspecified atom stereocenters. The van der Waals surface area contributed by atoms with Gasteiger partial charge in [0.2, 0.25) is 0 Å². The molecule has 0 spiro atoms. The Kier molecular flexibility index (Phi) is 6.33. The van der Waals surface area contributed by atoms with Crippen molar-refractivity contribution in [1.29, 1.82) is 0 Å². The standard InChI is InChI=1S/C24H26N4O4S/c1-6-27-15(4)17(13-25-27)12-19-22(29)28-21(16-8-10-18(31-5)11-9-16)20(23(30)32-7-2)14(3)26-24(28)33-19/h8-13,21H,6-7H2,1-5H3/b19-12+/t21-/m1/s1. The molecule has 33 heavy (non-hydrogen) atoms. The van der Waals surface area contributed by atoms with Crippen molar-refractivity contribution >= 4 is 23.4 Å². The smallest absolute Gasteiger partial charge is 0.338 e. The molecule has 2 aromatic heterocycles. The molecule has 172 valence electrons. The third kappa shape index (κ3) is 4.04. The number of carbonyl (C=O) groups is 1. The van der Waals surface area contributed by atoms with Crippen molar-refractivity contribution in [1.82, 2.24) is 14.3 Å². The van der Waals surface area contributed by atoms with Crippen LogP contribution in [0.25, 0.3) is 6.08 Å². The summed E-state index contributed by atoms with van der Waals surface area (Å²) >= 11 is 1.30. The molecular weight excluding hydrogens is 440 g/mol. The average Bonchev–Trinajstić information content (AvgIpc) is 3.32. The van der Waals surface area contributed by atoms with E-state index in [0.717, 1.165) is 23.4 Å². The number of ether oxygens (including phenoxy) is 2. The van der Waals surface area contributed by atoms with Crippen LogP contribution in [0.2, 0.25) is 0 Å². The molecule has 0 radical (unpaired) electrons. The Balaban J connectivity index is 1.94. The molecule has 4 rings (SSSR count). The van der Waals surface area contributed by atoms with E-state index in [9.17, 15) is 9.59 Å². The predicted molar refractivity (Wildman–Crippen MR) is 126 cm³/mol.